The molecule has 2 N–H and O–H groups in total. The number of nitrogens with one attached hydrogen (secondary N) is 2. The zero-order valence-electron chi connectivity index (χ0n) is 29.5. The zero-order chi connectivity index (χ0) is 43.7. The minimum Gasteiger partial charge on any atom is -0.459 e. The summed E-state index contributed by atoms with van der Waals surface area (Å²) in [6, 6.07) is 6.20. The van der Waals surface area contributed by atoms with Crippen LogP contribution in [0.5, 0.6) is 0 Å². The second-order valence-electron chi connectivity index (χ2n) is 12.7. The Morgan fingerprint density at radius 3 is 1.46 bits per heavy atom. The summed E-state index contributed by atoms with van der Waals surface area (Å²) >= 11 is 23.3. The molecule has 316 valence electrons. The Kier molecular flexibility index (Phi) is 19.0. The quantitative estimate of drug-likeness (QED) is 0.286. The van der Waals surface area contributed by atoms with E-state index in [0.717, 1.165) is 0 Å². The number of rotatable bonds is 8. The standard InChI is InChI=1S/C16H21Cl2NO6S2.C11H13Cl2NO4S2.C2HF3O.CO2/c1-16(2,3)25-15(20)7-19-13-8-26(21,22)9-14(13)27(23,24)10-4-5-11(17)12(18)6-10;1-14-10-5-19(15,16)6-11(10)20(17,18)7-2-3-8(12)9(13)4-7;3-2(4,5)1-6;2-1-3/h4-6,13-14,19H,7-9H2,1-3H3;2-4,10-11,14H,5-6H2,1H3;1H;/t13-,14-;10-,11-;;/m11../s1. The van der Waals surface area contributed by atoms with E-state index in [1.807, 2.05) is 0 Å². The van der Waals surface area contributed by atoms with Gasteiger partial charge in [0.05, 0.1) is 69.9 Å². The van der Waals surface area contributed by atoms with Crippen LogP contribution >= 0.6 is 46.4 Å². The summed E-state index contributed by atoms with van der Waals surface area (Å²) in [4.78, 5) is 36.7. The van der Waals surface area contributed by atoms with Gasteiger partial charge in [-0.3, -0.25) is 9.59 Å². The van der Waals surface area contributed by atoms with Gasteiger partial charge in [-0.2, -0.15) is 22.8 Å². The van der Waals surface area contributed by atoms with Gasteiger partial charge in [0, 0.05) is 12.1 Å². The van der Waals surface area contributed by atoms with Gasteiger partial charge in [-0.05, 0) is 64.2 Å². The topological polar surface area (TPSA) is 238 Å². The second-order valence-corrected chi connectivity index (χ2v) is 23.0. The van der Waals surface area contributed by atoms with E-state index < -0.39 is 91.7 Å². The Hall–Kier alpha value is -2.37. The molecule has 0 spiro atoms. The first-order chi connectivity index (χ1) is 25.4. The fourth-order valence-corrected chi connectivity index (χ4v) is 15.2. The van der Waals surface area contributed by atoms with E-state index in [1.54, 1.807) is 27.8 Å². The van der Waals surface area contributed by atoms with Crippen LogP contribution in [-0.4, -0.2) is 123 Å². The van der Waals surface area contributed by atoms with Gasteiger partial charge in [0.1, 0.15) is 5.60 Å². The molecular weight excluding hydrogens is 923 g/mol. The van der Waals surface area contributed by atoms with Crippen LogP contribution in [0.4, 0.5) is 13.2 Å². The lowest BCUT2D eigenvalue weighted by molar-refractivity contribution is -0.191. The number of sulfone groups is 4. The molecular formula is C30H35Cl4F3N2O13S4. The normalized spacial score (nSPS) is 21.4. The van der Waals surface area contributed by atoms with E-state index >= 15 is 0 Å². The molecule has 0 aromatic heterocycles. The molecule has 2 aliphatic rings. The first-order valence-corrected chi connectivity index (χ1v) is 23.5. The van der Waals surface area contributed by atoms with Crippen LogP contribution in [0.3, 0.4) is 0 Å². The van der Waals surface area contributed by atoms with Crippen LogP contribution < -0.4 is 10.6 Å². The number of hydrogen-bond donors (Lipinski definition) is 2. The fourth-order valence-electron chi connectivity index (χ4n) is 4.95. The van der Waals surface area contributed by atoms with Crippen molar-refractivity contribution in [1.82, 2.24) is 10.6 Å². The van der Waals surface area contributed by atoms with Gasteiger partial charge in [0.15, 0.2) is 39.3 Å². The first kappa shape index (κ1) is 51.6. The maximum atomic E-state index is 12.9. The molecule has 0 bridgehead atoms. The van der Waals surface area contributed by atoms with E-state index in [9.17, 15) is 51.6 Å². The Labute approximate surface area is 341 Å². The van der Waals surface area contributed by atoms with Crippen molar-refractivity contribution in [3.05, 3.63) is 56.5 Å². The fraction of sp³-hybridized carbons (Fsp3) is 0.500. The molecule has 0 radical (unpaired) electrons. The number of carbonyl (C=O) groups excluding carboxylic acids is 4. The van der Waals surface area contributed by atoms with Crippen LogP contribution in [0, 0.1) is 0 Å². The smallest absolute Gasteiger partial charge is 0.446 e. The molecule has 0 unspecified atom stereocenters. The summed E-state index contributed by atoms with van der Waals surface area (Å²) in [5, 5.41) is 3.81. The van der Waals surface area contributed by atoms with E-state index in [2.05, 4.69) is 10.6 Å². The van der Waals surface area contributed by atoms with E-state index in [-0.39, 0.29) is 59.8 Å². The number of alkyl halides is 3. The molecule has 2 heterocycles. The maximum absolute atomic E-state index is 12.9. The van der Waals surface area contributed by atoms with Gasteiger partial charge >= 0.3 is 18.3 Å². The van der Waals surface area contributed by atoms with Crippen LogP contribution in [0.1, 0.15) is 20.8 Å². The molecule has 4 atom stereocenters. The first-order valence-electron chi connectivity index (χ1n) is 15.3. The van der Waals surface area contributed by atoms with Crippen LogP contribution in [0.25, 0.3) is 0 Å². The van der Waals surface area contributed by atoms with Crippen molar-refractivity contribution in [2.45, 2.75) is 64.9 Å². The number of hydrogen-bond acceptors (Lipinski definition) is 15. The van der Waals surface area contributed by atoms with Crippen molar-refractivity contribution in [3.8, 4) is 0 Å². The highest BCUT2D eigenvalue weighted by Gasteiger charge is 2.47. The molecule has 2 aliphatic heterocycles. The number of esters is 1. The Bertz CT molecular complexity index is 2210. The summed E-state index contributed by atoms with van der Waals surface area (Å²) in [7, 11) is -13.2. The minimum atomic E-state index is -4.64. The lowest BCUT2D eigenvalue weighted by Crippen LogP contribution is -2.46. The second kappa shape index (κ2) is 20.5. The number of halogens is 7. The van der Waals surface area contributed by atoms with Crippen molar-refractivity contribution >= 4 is 104 Å². The van der Waals surface area contributed by atoms with Crippen molar-refractivity contribution in [1.29, 1.82) is 0 Å². The number of carbonyl (C=O) groups is 2. The van der Waals surface area contributed by atoms with Gasteiger partial charge in [-0.15, -0.1) is 0 Å². The molecule has 2 aromatic rings. The van der Waals surface area contributed by atoms with Gasteiger partial charge in [-0.1, -0.05) is 46.4 Å². The molecule has 4 rings (SSSR count). The van der Waals surface area contributed by atoms with Crippen LogP contribution in [0.2, 0.25) is 20.1 Å². The van der Waals surface area contributed by atoms with Crippen molar-refractivity contribution in [2.75, 3.05) is 36.6 Å². The van der Waals surface area contributed by atoms with Crippen LogP contribution in [-0.2, 0) is 63.3 Å². The van der Waals surface area contributed by atoms with E-state index in [0.29, 0.717) is 0 Å². The largest absolute Gasteiger partial charge is 0.459 e. The van der Waals surface area contributed by atoms with Gasteiger partial charge in [0.25, 0.3) is 0 Å². The van der Waals surface area contributed by atoms with E-state index in [1.165, 1.54) is 36.4 Å². The zero-order valence-corrected chi connectivity index (χ0v) is 35.8. The number of benzene rings is 2. The van der Waals surface area contributed by atoms with Crippen molar-refractivity contribution in [2.24, 2.45) is 0 Å². The third-order valence-corrected chi connectivity index (χ3v) is 17.0. The van der Waals surface area contributed by atoms with Crippen LogP contribution in [0.15, 0.2) is 46.2 Å². The summed E-state index contributed by atoms with van der Waals surface area (Å²) < 4.78 is 135. The summed E-state index contributed by atoms with van der Waals surface area (Å²) in [5.41, 5.74) is -0.702. The monoisotopic (exact) mass is 956 g/mol. The summed E-state index contributed by atoms with van der Waals surface area (Å²) in [6.45, 7) is 4.79. The molecule has 2 fully saturated rings. The Morgan fingerprint density at radius 2 is 1.14 bits per heavy atom. The highest BCUT2D eigenvalue weighted by Crippen LogP contribution is 2.32. The van der Waals surface area contributed by atoms with Crippen molar-refractivity contribution < 1.29 is 70.8 Å². The minimum absolute atomic E-state index is 0.0192. The summed E-state index contributed by atoms with van der Waals surface area (Å²) in [5.74, 6) is -2.10. The molecule has 0 amide bonds. The molecule has 0 saturated carbocycles. The Balaban J connectivity index is 0.000000472. The van der Waals surface area contributed by atoms with Gasteiger partial charge < -0.3 is 15.4 Å². The van der Waals surface area contributed by atoms with E-state index in [4.69, 9.17) is 65.5 Å². The maximum Gasteiger partial charge on any atom is 0.446 e. The lowest BCUT2D eigenvalue weighted by atomic mass is 10.2. The summed E-state index contributed by atoms with van der Waals surface area (Å²) in [6.07, 6.45) is -5.45. The number of ether oxygens (including phenoxy) is 1. The molecule has 56 heavy (non-hydrogen) atoms. The van der Waals surface area contributed by atoms with Crippen molar-refractivity contribution in [3.63, 3.8) is 0 Å². The molecule has 26 heteroatoms. The average molecular weight is 959 g/mol. The SMILES string of the molecule is CC(C)(C)OC(=O)CN[C@@H]1CS(=O)(=O)C[C@H]1S(=O)(=O)c1ccc(Cl)c(Cl)c1.CN[C@@H]1CS(=O)(=O)C[C@H]1S(=O)(=O)c1ccc(Cl)c(Cl)c1.O=C=O.O=CC(F)(F)F. The Morgan fingerprint density at radius 1 is 0.786 bits per heavy atom. The highest BCUT2D eigenvalue weighted by molar-refractivity contribution is 7.97. The lowest BCUT2D eigenvalue weighted by Gasteiger charge is -2.22. The average Bonchev–Trinajstić information content (AvgIpc) is 3.57. The molecule has 2 aromatic carbocycles. The number of aldehydes is 1. The molecule has 2 saturated heterocycles. The van der Waals surface area contributed by atoms with Gasteiger partial charge in [-0.25, -0.2) is 33.7 Å². The molecule has 0 aliphatic carbocycles. The third-order valence-electron chi connectivity index (χ3n) is 7.27. The molecule has 15 nitrogen and oxygen atoms in total. The predicted octanol–water partition coefficient (Wildman–Crippen LogP) is 3.18. The predicted molar refractivity (Wildman–Crippen MR) is 200 cm³/mol. The highest BCUT2D eigenvalue weighted by atomic mass is 35.5. The van der Waals surface area contributed by atoms with Gasteiger partial charge in [0.2, 0.25) is 6.29 Å². The third kappa shape index (κ3) is 16.1.